The largest absolute Gasteiger partial charge is 0.356 e. The Labute approximate surface area is 177 Å². The lowest BCUT2D eigenvalue weighted by Gasteiger charge is -2.21. The summed E-state index contributed by atoms with van der Waals surface area (Å²) >= 11 is 7.04. The lowest BCUT2D eigenvalue weighted by atomic mass is 9.82. The topological polar surface area (TPSA) is 12.0 Å². The van der Waals surface area contributed by atoms with Gasteiger partial charge in [-0.3, -0.25) is 0 Å². The van der Waals surface area contributed by atoms with Crippen LogP contribution in [0.1, 0.15) is 25.0 Å². The molecule has 0 saturated carbocycles. The number of hydrogen-bond acceptors (Lipinski definition) is 1. The van der Waals surface area contributed by atoms with Crippen LogP contribution >= 0.6 is 11.6 Å². The number of nitrogens with one attached hydrogen (secondary N) is 1. The first-order chi connectivity index (χ1) is 14.1. The highest BCUT2D eigenvalue weighted by Gasteiger charge is 2.36. The molecule has 29 heavy (non-hydrogen) atoms. The average Bonchev–Trinajstić information content (AvgIpc) is 2.97. The summed E-state index contributed by atoms with van der Waals surface area (Å²) in [4.78, 5) is 0. The van der Waals surface area contributed by atoms with Gasteiger partial charge in [0.05, 0.1) is 5.02 Å². The van der Waals surface area contributed by atoms with Gasteiger partial charge >= 0.3 is 0 Å². The van der Waals surface area contributed by atoms with Gasteiger partial charge in [-0.2, -0.15) is 0 Å². The van der Waals surface area contributed by atoms with E-state index in [0.29, 0.717) is 0 Å². The lowest BCUT2D eigenvalue weighted by molar-refractivity contribution is 0.660. The minimum absolute atomic E-state index is 0.0369. The monoisotopic (exact) mass is 395 g/mol. The van der Waals surface area contributed by atoms with Gasteiger partial charge in [0, 0.05) is 27.9 Å². The molecule has 0 unspecified atom stereocenters. The lowest BCUT2D eigenvalue weighted by Crippen LogP contribution is -2.14. The summed E-state index contributed by atoms with van der Waals surface area (Å²) in [5.74, 6) is 0. The van der Waals surface area contributed by atoms with E-state index in [-0.39, 0.29) is 5.41 Å². The van der Waals surface area contributed by atoms with Crippen molar-refractivity contribution in [1.82, 2.24) is 0 Å². The molecule has 1 N–H and O–H groups in total. The fourth-order valence-corrected chi connectivity index (χ4v) is 4.80. The third-order valence-corrected chi connectivity index (χ3v) is 6.31. The fraction of sp³-hybridized carbons (Fsp3) is 0.111. The molecule has 0 aliphatic heterocycles. The summed E-state index contributed by atoms with van der Waals surface area (Å²) < 4.78 is 0. The number of fused-ring (bicyclic) bond motifs is 3. The maximum Gasteiger partial charge on any atom is 0.0565 e. The minimum atomic E-state index is -0.0369. The summed E-state index contributed by atoms with van der Waals surface area (Å²) in [7, 11) is 0. The molecule has 4 aromatic rings. The maximum absolute atomic E-state index is 7.04. The summed E-state index contributed by atoms with van der Waals surface area (Å²) in [6, 6.07) is 31.7. The van der Waals surface area contributed by atoms with Crippen LogP contribution in [0.3, 0.4) is 0 Å². The highest BCUT2D eigenvalue weighted by Crippen LogP contribution is 2.53. The Bertz CT molecular complexity index is 1210. The van der Waals surface area contributed by atoms with Gasteiger partial charge in [-0.05, 0) is 46.5 Å². The molecule has 0 atom stereocenters. The Morgan fingerprint density at radius 2 is 1.38 bits per heavy atom. The van der Waals surface area contributed by atoms with Crippen molar-refractivity contribution in [2.75, 3.05) is 5.32 Å². The van der Waals surface area contributed by atoms with Gasteiger partial charge in [0.15, 0.2) is 0 Å². The third kappa shape index (κ3) is 2.94. The summed E-state index contributed by atoms with van der Waals surface area (Å²) in [6.07, 6.45) is 0. The van der Waals surface area contributed by atoms with Crippen LogP contribution in [0.2, 0.25) is 5.02 Å². The molecule has 0 heterocycles. The third-order valence-electron chi connectivity index (χ3n) is 5.92. The Morgan fingerprint density at radius 1 is 0.655 bits per heavy atom. The minimum Gasteiger partial charge on any atom is -0.356 e. The highest BCUT2D eigenvalue weighted by atomic mass is 35.5. The van der Waals surface area contributed by atoms with Crippen molar-refractivity contribution in [3.63, 3.8) is 0 Å². The smallest absolute Gasteiger partial charge is 0.0565 e. The predicted octanol–water partition coefficient (Wildman–Crippen LogP) is 8.06. The summed E-state index contributed by atoms with van der Waals surface area (Å²) in [6.45, 7) is 4.55. The first-order valence-electron chi connectivity index (χ1n) is 9.91. The van der Waals surface area contributed by atoms with Gasteiger partial charge < -0.3 is 5.32 Å². The van der Waals surface area contributed by atoms with Crippen LogP contribution < -0.4 is 5.32 Å². The zero-order valence-electron chi connectivity index (χ0n) is 16.5. The van der Waals surface area contributed by atoms with Gasteiger partial charge in [-0.25, -0.2) is 0 Å². The number of benzene rings is 4. The molecule has 142 valence electrons. The van der Waals surface area contributed by atoms with Crippen LogP contribution in [0, 0.1) is 0 Å². The van der Waals surface area contributed by atoms with Crippen LogP contribution in [-0.2, 0) is 5.41 Å². The molecular weight excluding hydrogens is 374 g/mol. The van der Waals surface area contributed by atoms with Crippen molar-refractivity contribution >= 4 is 23.0 Å². The quantitative estimate of drug-likeness (QED) is 0.370. The number of rotatable bonds is 3. The summed E-state index contributed by atoms with van der Waals surface area (Å²) in [5, 5.41) is 4.30. The fourth-order valence-electron chi connectivity index (χ4n) is 4.43. The molecule has 1 aliphatic carbocycles. The molecule has 0 aromatic heterocycles. The molecule has 0 saturated heterocycles. The van der Waals surface area contributed by atoms with E-state index in [9.17, 15) is 0 Å². The molecular formula is C27H22ClN. The molecule has 0 fully saturated rings. The van der Waals surface area contributed by atoms with Crippen molar-refractivity contribution in [3.05, 3.63) is 107 Å². The molecule has 0 amide bonds. The zero-order valence-corrected chi connectivity index (χ0v) is 17.3. The molecule has 1 aliphatic rings. The second kappa shape index (κ2) is 6.79. The normalized spacial score (nSPS) is 13.6. The second-order valence-electron chi connectivity index (χ2n) is 8.09. The molecule has 1 nitrogen and oxygen atoms in total. The number of anilines is 2. The van der Waals surface area contributed by atoms with Crippen molar-refractivity contribution in [2.45, 2.75) is 19.3 Å². The van der Waals surface area contributed by atoms with E-state index in [1.165, 1.54) is 22.3 Å². The van der Waals surface area contributed by atoms with Crippen LogP contribution in [0.25, 0.3) is 22.3 Å². The van der Waals surface area contributed by atoms with Gasteiger partial charge in [-0.15, -0.1) is 0 Å². The van der Waals surface area contributed by atoms with Crippen LogP contribution in [-0.4, -0.2) is 0 Å². The Hall–Kier alpha value is -3.03. The van der Waals surface area contributed by atoms with E-state index in [1.807, 2.05) is 18.2 Å². The van der Waals surface area contributed by atoms with Crippen LogP contribution in [0.5, 0.6) is 0 Å². The standard InChI is InChI=1S/C27H22ClN/c1-27(2)23-14-7-6-13-22(23)25-24(27)16-15-21(26(25)28)18-9-8-12-20(17-18)29-19-10-4-3-5-11-19/h3-17,29H,1-2H3. The highest BCUT2D eigenvalue weighted by molar-refractivity contribution is 6.36. The van der Waals surface area contributed by atoms with E-state index in [2.05, 4.69) is 92.0 Å². The van der Waals surface area contributed by atoms with Crippen molar-refractivity contribution < 1.29 is 0 Å². The van der Waals surface area contributed by atoms with Gasteiger partial charge in [-0.1, -0.05) is 92.2 Å². The molecule has 2 heteroatoms. The molecule has 0 bridgehead atoms. The molecule has 0 radical (unpaired) electrons. The van der Waals surface area contributed by atoms with Gasteiger partial charge in [0.2, 0.25) is 0 Å². The van der Waals surface area contributed by atoms with E-state index >= 15 is 0 Å². The average molecular weight is 396 g/mol. The van der Waals surface area contributed by atoms with Gasteiger partial charge in [0.1, 0.15) is 0 Å². The van der Waals surface area contributed by atoms with E-state index in [4.69, 9.17) is 11.6 Å². The van der Waals surface area contributed by atoms with Crippen molar-refractivity contribution in [2.24, 2.45) is 0 Å². The van der Waals surface area contributed by atoms with E-state index in [1.54, 1.807) is 0 Å². The van der Waals surface area contributed by atoms with E-state index < -0.39 is 0 Å². The second-order valence-corrected chi connectivity index (χ2v) is 8.47. The van der Waals surface area contributed by atoms with Gasteiger partial charge in [0.25, 0.3) is 0 Å². The molecule has 5 rings (SSSR count). The maximum atomic E-state index is 7.04. The van der Waals surface area contributed by atoms with Crippen LogP contribution in [0.15, 0.2) is 91.0 Å². The van der Waals surface area contributed by atoms with Crippen molar-refractivity contribution in [3.8, 4) is 22.3 Å². The molecule has 4 aromatic carbocycles. The zero-order chi connectivity index (χ0) is 20.0. The van der Waals surface area contributed by atoms with E-state index in [0.717, 1.165) is 27.5 Å². The summed E-state index contributed by atoms with van der Waals surface area (Å²) in [5.41, 5.74) is 9.32. The predicted molar refractivity (Wildman–Crippen MR) is 124 cm³/mol. The Morgan fingerprint density at radius 3 is 2.21 bits per heavy atom. The Kier molecular flexibility index (Phi) is 4.22. The first-order valence-corrected chi connectivity index (χ1v) is 10.3. The SMILES string of the molecule is CC1(C)c2ccccc2-c2c1ccc(-c1cccc(Nc3ccccc3)c1)c2Cl. The first kappa shape index (κ1) is 18.0. The van der Waals surface area contributed by atoms with Crippen LogP contribution in [0.4, 0.5) is 11.4 Å². The Balaban J connectivity index is 1.61. The van der Waals surface area contributed by atoms with Crippen molar-refractivity contribution in [1.29, 1.82) is 0 Å². The molecule has 0 spiro atoms. The number of halogens is 1. The number of hydrogen-bond donors (Lipinski definition) is 1. The number of para-hydroxylation sites is 1.